The van der Waals surface area contributed by atoms with E-state index in [-0.39, 0.29) is 24.0 Å². The standard InChI is InChI=1S/C20H21F5N4O4/c1-10(20(23,24)25)27-19-26-8-12-4-7-15(33-17(12)29-19)16(31)28-14(9-30)11-2-5-13(6-3-11)32-18(21)22/h2-3,5-6,8,10,14-15,18,30H,4,7,9H2,1H3,(H,28,31)(H,26,27,29)/t10-,14+,15+/m0/s1. The van der Waals surface area contributed by atoms with Gasteiger partial charge in [-0.3, -0.25) is 4.79 Å². The van der Waals surface area contributed by atoms with Crippen LogP contribution in [0.4, 0.5) is 27.9 Å². The number of nitrogens with one attached hydrogen (secondary N) is 2. The molecule has 1 aliphatic heterocycles. The van der Waals surface area contributed by atoms with Crippen molar-refractivity contribution >= 4 is 11.9 Å². The number of benzene rings is 1. The lowest BCUT2D eigenvalue weighted by Gasteiger charge is -2.26. The van der Waals surface area contributed by atoms with Gasteiger partial charge in [-0.1, -0.05) is 12.1 Å². The van der Waals surface area contributed by atoms with Gasteiger partial charge in [0.25, 0.3) is 5.91 Å². The van der Waals surface area contributed by atoms with Crippen LogP contribution in [0.1, 0.15) is 30.5 Å². The van der Waals surface area contributed by atoms with Crippen molar-refractivity contribution in [2.45, 2.75) is 50.7 Å². The van der Waals surface area contributed by atoms with Crippen LogP contribution in [0.3, 0.4) is 0 Å². The summed E-state index contributed by atoms with van der Waals surface area (Å²) in [5.74, 6) is -0.960. The van der Waals surface area contributed by atoms with Crippen LogP contribution in [-0.2, 0) is 11.2 Å². The average molecular weight is 476 g/mol. The van der Waals surface area contributed by atoms with Gasteiger partial charge in [0.2, 0.25) is 11.8 Å². The molecule has 0 aliphatic carbocycles. The Morgan fingerprint density at radius 2 is 2.00 bits per heavy atom. The fraction of sp³-hybridized carbons (Fsp3) is 0.450. The number of aryl methyl sites for hydroxylation is 1. The number of alkyl halides is 5. The molecule has 0 fully saturated rings. The van der Waals surface area contributed by atoms with Gasteiger partial charge in [0.1, 0.15) is 11.8 Å². The fourth-order valence-electron chi connectivity index (χ4n) is 3.06. The van der Waals surface area contributed by atoms with Gasteiger partial charge < -0.3 is 25.2 Å². The molecule has 2 heterocycles. The highest BCUT2D eigenvalue weighted by Gasteiger charge is 2.37. The van der Waals surface area contributed by atoms with Crippen molar-refractivity contribution in [1.82, 2.24) is 15.3 Å². The third kappa shape index (κ3) is 6.40. The van der Waals surface area contributed by atoms with Crippen molar-refractivity contribution in [2.75, 3.05) is 11.9 Å². The number of amides is 1. The first-order valence-corrected chi connectivity index (χ1v) is 9.88. The Morgan fingerprint density at radius 1 is 1.30 bits per heavy atom. The molecule has 0 radical (unpaired) electrons. The van der Waals surface area contributed by atoms with Gasteiger partial charge in [-0.25, -0.2) is 4.98 Å². The Labute approximate surface area is 185 Å². The van der Waals surface area contributed by atoms with Gasteiger partial charge in [0.05, 0.1) is 12.6 Å². The van der Waals surface area contributed by atoms with E-state index in [9.17, 15) is 31.9 Å². The number of rotatable bonds is 8. The molecule has 1 aliphatic rings. The predicted molar refractivity (Wildman–Crippen MR) is 105 cm³/mol. The van der Waals surface area contributed by atoms with Crippen LogP contribution in [0.2, 0.25) is 0 Å². The minimum Gasteiger partial charge on any atom is -0.464 e. The maximum Gasteiger partial charge on any atom is 0.408 e. The number of aromatic nitrogens is 2. The average Bonchev–Trinajstić information content (AvgIpc) is 2.76. The number of hydrogen-bond donors (Lipinski definition) is 3. The Bertz CT molecular complexity index is 958. The van der Waals surface area contributed by atoms with Gasteiger partial charge in [-0.15, -0.1) is 0 Å². The molecular weight excluding hydrogens is 455 g/mol. The van der Waals surface area contributed by atoms with Gasteiger partial charge in [-0.2, -0.15) is 26.9 Å². The molecule has 1 aromatic heterocycles. The second-order valence-electron chi connectivity index (χ2n) is 7.27. The highest BCUT2D eigenvalue weighted by Crippen LogP contribution is 2.28. The Hall–Kier alpha value is -3.22. The number of hydrogen-bond acceptors (Lipinski definition) is 7. The number of carbonyl (C=O) groups is 1. The van der Waals surface area contributed by atoms with E-state index < -0.39 is 43.5 Å². The number of carbonyl (C=O) groups excluding carboxylic acids is 1. The summed E-state index contributed by atoms with van der Waals surface area (Å²) >= 11 is 0. The third-order valence-corrected chi connectivity index (χ3v) is 4.89. The van der Waals surface area contributed by atoms with Gasteiger partial charge in [-0.05, 0) is 37.5 Å². The zero-order valence-corrected chi connectivity index (χ0v) is 17.3. The first kappa shape index (κ1) is 24.4. The lowest BCUT2D eigenvalue weighted by atomic mass is 10.0. The molecule has 0 saturated carbocycles. The van der Waals surface area contributed by atoms with Crippen LogP contribution < -0.4 is 20.1 Å². The number of aliphatic hydroxyl groups is 1. The van der Waals surface area contributed by atoms with Crippen molar-refractivity contribution in [3.05, 3.63) is 41.6 Å². The first-order chi connectivity index (χ1) is 15.6. The molecule has 8 nitrogen and oxygen atoms in total. The van der Waals surface area contributed by atoms with Crippen molar-refractivity contribution < 1.29 is 41.3 Å². The lowest BCUT2D eigenvalue weighted by molar-refractivity contribution is -0.138. The second-order valence-corrected chi connectivity index (χ2v) is 7.27. The summed E-state index contributed by atoms with van der Waals surface area (Å²) in [6.45, 7) is -2.54. The SMILES string of the molecule is C[C@H](Nc1ncc2c(n1)O[C@@H](C(=O)N[C@H](CO)c1ccc(OC(F)F)cc1)CC2)C(F)(F)F. The van der Waals surface area contributed by atoms with E-state index in [4.69, 9.17) is 4.74 Å². The van der Waals surface area contributed by atoms with Crippen LogP contribution >= 0.6 is 0 Å². The normalized spacial score (nSPS) is 17.5. The van der Waals surface area contributed by atoms with Crippen molar-refractivity contribution in [2.24, 2.45) is 0 Å². The van der Waals surface area contributed by atoms with Crippen molar-refractivity contribution in [3.63, 3.8) is 0 Å². The van der Waals surface area contributed by atoms with Gasteiger partial charge >= 0.3 is 12.8 Å². The Morgan fingerprint density at radius 3 is 2.61 bits per heavy atom. The monoisotopic (exact) mass is 476 g/mol. The largest absolute Gasteiger partial charge is 0.464 e. The van der Waals surface area contributed by atoms with Gasteiger partial charge in [0, 0.05) is 11.8 Å². The molecule has 0 saturated heterocycles. The molecule has 3 N–H and O–H groups in total. The molecule has 3 atom stereocenters. The van der Waals surface area contributed by atoms with Crippen LogP contribution in [0.25, 0.3) is 0 Å². The minimum atomic E-state index is -4.49. The highest BCUT2D eigenvalue weighted by molar-refractivity contribution is 5.82. The quantitative estimate of drug-likeness (QED) is 0.503. The van der Waals surface area contributed by atoms with Crippen LogP contribution in [0.15, 0.2) is 30.5 Å². The zero-order valence-electron chi connectivity index (χ0n) is 17.3. The van der Waals surface area contributed by atoms with E-state index in [0.717, 1.165) is 6.92 Å². The number of anilines is 1. The number of nitrogens with zero attached hydrogens (tertiary/aromatic N) is 2. The first-order valence-electron chi connectivity index (χ1n) is 9.88. The molecule has 33 heavy (non-hydrogen) atoms. The highest BCUT2D eigenvalue weighted by atomic mass is 19.4. The van der Waals surface area contributed by atoms with E-state index in [1.807, 2.05) is 0 Å². The summed E-state index contributed by atoms with van der Waals surface area (Å²) in [5, 5.41) is 14.4. The predicted octanol–water partition coefficient (Wildman–Crippen LogP) is 2.98. The third-order valence-electron chi connectivity index (χ3n) is 4.89. The summed E-state index contributed by atoms with van der Waals surface area (Å²) in [7, 11) is 0. The Balaban J connectivity index is 1.65. The molecule has 180 valence electrons. The van der Waals surface area contributed by atoms with Crippen molar-refractivity contribution in [3.8, 4) is 11.6 Å². The molecule has 1 amide bonds. The number of ether oxygens (including phenoxy) is 2. The van der Waals surface area contributed by atoms with E-state index in [1.54, 1.807) is 0 Å². The molecule has 3 rings (SSSR count). The number of halogens is 5. The van der Waals surface area contributed by atoms with E-state index in [2.05, 4.69) is 25.3 Å². The summed E-state index contributed by atoms with van der Waals surface area (Å²) < 4.78 is 72.6. The van der Waals surface area contributed by atoms with E-state index in [0.29, 0.717) is 17.5 Å². The minimum absolute atomic E-state index is 0.0117. The number of fused-ring (bicyclic) bond motifs is 1. The zero-order chi connectivity index (χ0) is 24.2. The van der Waals surface area contributed by atoms with Crippen LogP contribution in [0.5, 0.6) is 11.6 Å². The molecule has 0 spiro atoms. The molecular formula is C20H21F5N4O4. The topological polar surface area (TPSA) is 106 Å². The Kier molecular flexibility index (Phi) is 7.51. The van der Waals surface area contributed by atoms with E-state index in [1.165, 1.54) is 30.5 Å². The van der Waals surface area contributed by atoms with E-state index >= 15 is 0 Å². The summed E-state index contributed by atoms with van der Waals surface area (Å²) in [5.41, 5.74) is 0.983. The molecule has 0 bridgehead atoms. The fourth-order valence-corrected chi connectivity index (χ4v) is 3.06. The lowest BCUT2D eigenvalue weighted by Crippen LogP contribution is -2.43. The number of aliphatic hydroxyl groups excluding tert-OH is 1. The van der Waals surface area contributed by atoms with Crippen LogP contribution in [-0.4, -0.2) is 52.5 Å². The molecule has 13 heteroatoms. The maximum absolute atomic E-state index is 12.8. The summed E-state index contributed by atoms with van der Waals surface area (Å²) in [6, 6.07) is 2.65. The molecule has 2 aromatic rings. The second kappa shape index (κ2) is 10.1. The summed E-state index contributed by atoms with van der Waals surface area (Å²) in [6.07, 6.45) is -3.55. The van der Waals surface area contributed by atoms with Crippen LogP contribution in [0, 0.1) is 0 Å². The maximum atomic E-state index is 12.8. The molecule has 1 aromatic carbocycles. The van der Waals surface area contributed by atoms with Crippen molar-refractivity contribution in [1.29, 1.82) is 0 Å². The summed E-state index contributed by atoms with van der Waals surface area (Å²) in [4.78, 5) is 20.5. The van der Waals surface area contributed by atoms with Gasteiger partial charge in [0.15, 0.2) is 6.10 Å². The smallest absolute Gasteiger partial charge is 0.408 e. The molecule has 0 unspecified atom stereocenters.